The van der Waals surface area contributed by atoms with E-state index in [4.69, 9.17) is 11.6 Å². The van der Waals surface area contributed by atoms with E-state index in [1.165, 1.54) is 35.6 Å². The maximum Gasteiger partial charge on any atom is 0.240 e. The molecule has 108 valence electrons. The van der Waals surface area contributed by atoms with Gasteiger partial charge in [0, 0.05) is 16.4 Å². The number of hydrogen-bond donors (Lipinski definition) is 2. The summed E-state index contributed by atoms with van der Waals surface area (Å²) in [6.45, 7) is 1.47. The van der Waals surface area contributed by atoms with E-state index in [0.29, 0.717) is 9.90 Å². The predicted molar refractivity (Wildman–Crippen MR) is 80.5 cm³/mol. The standard InChI is InChI=1S/C13H14ClNO3S2/c1-13(16,12-3-2-8-19-12)9-15-20(17,18)11-6-4-10(14)5-7-11/h2-8,15-16H,9H2,1H3. The topological polar surface area (TPSA) is 66.4 Å². The van der Waals surface area contributed by atoms with Gasteiger partial charge in [-0.1, -0.05) is 17.7 Å². The predicted octanol–water partition coefficient (Wildman–Crippen LogP) is 2.59. The fourth-order valence-corrected chi connectivity index (χ4v) is 3.65. The van der Waals surface area contributed by atoms with E-state index in [1.807, 2.05) is 11.4 Å². The Labute approximate surface area is 127 Å². The largest absolute Gasteiger partial charge is 0.383 e. The van der Waals surface area contributed by atoms with Crippen LogP contribution in [0.1, 0.15) is 11.8 Å². The molecule has 0 radical (unpaired) electrons. The van der Waals surface area contributed by atoms with Crippen LogP contribution in [0.5, 0.6) is 0 Å². The van der Waals surface area contributed by atoms with Crippen molar-refractivity contribution in [2.24, 2.45) is 0 Å². The maximum absolute atomic E-state index is 12.1. The lowest BCUT2D eigenvalue weighted by Crippen LogP contribution is -2.38. The molecule has 0 saturated heterocycles. The van der Waals surface area contributed by atoms with Gasteiger partial charge < -0.3 is 5.11 Å². The number of rotatable bonds is 5. The first-order valence-corrected chi connectivity index (χ1v) is 8.57. The van der Waals surface area contributed by atoms with Crippen molar-refractivity contribution >= 4 is 33.0 Å². The molecule has 2 aromatic rings. The molecule has 7 heteroatoms. The van der Waals surface area contributed by atoms with E-state index in [0.717, 1.165) is 0 Å². The first-order valence-electron chi connectivity index (χ1n) is 5.83. The highest BCUT2D eigenvalue weighted by molar-refractivity contribution is 7.89. The zero-order chi connectivity index (χ0) is 14.8. The molecule has 0 saturated carbocycles. The minimum atomic E-state index is -3.67. The van der Waals surface area contributed by atoms with Gasteiger partial charge in [0.1, 0.15) is 5.60 Å². The van der Waals surface area contributed by atoms with Gasteiger partial charge in [-0.25, -0.2) is 13.1 Å². The van der Waals surface area contributed by atoms with Crippen molar-refractivity contribution in [3.8, 4) is 0 Å². The van der Waals surface area contributed by atoms with Gasteiger partial charge in [-0.3, -0.25) is 0 Å². The van der Waals surface area contributed by atoms with Gasteiger partial charge in [0.2, 0.25) is 10.0 Å². The summed E-state index contributed by atoms with van der Waals surface area (Å²) in [6.07, 6.45) is 0. The van der Waals surface area contributed by atoms with Crippen LogP contribution in [0.15, 0.2) is 46.7 Å². The van der Waals surface area contributed by atoms with Gasteiger partial charge in [0.05, 0.1) is 4.90 Å². The Morgan fingerprint density at radius 3 is 2.50 bits per heavy atom. The van der Waals surface area contributed by atoms with Gasteiger partial charge in [-0.2, -0.15) is 0 Å². The monoisotopic (exact) mass is 331 g/mol. The van der Waals surface area contributed by atoms with Crippen LogP contribution in [0, 0.1) is 0 Å². The third-order valence-corrected chi connectivity index (χ3v) is 5.57. The Balaban J connectivity index is 2.12. The summed E-state index contributed by atoms with van der Waals surface area (Å²) in [6, 6.07) is 9.43. The number of hydrogen-bond acceptors (Lipinski definition) is 4. The molecule has 2 N–H and O–H groups in total. The lowest BCUT2D eigenvalue weighted by atomic mass is 10.1. The summed E-state index contributed by atoms with van der Waals surface area (Å²) in [5, 5.41) is 12.6. The molecular weight excluding hydrogens is 318 g/mol. The molecule has 0 fully saturated rings. The summed E-state index contributed by atoms with van der Waals surface area (Å²) in [7, 11) is -3.67. The molecule has 0 aliphatic rings. The van der Waals surface area contributed by atoms with E-state index >= 15 is 0 Å². The van der Waals surface area contributed by atoms with Crippen LogP contribution in [0.3, 0.4) is 0 Å². The van der Waals surface area contributed by atoms with Gasteiger partial charge >= 0.3 is 0 Å². The zero-order valence-corrected chi connectivity index (χ0v) is 13.1. The third-order valence-electron chi connectivity index (χ3n) is 2.78. The summed E-state index contributed by atoms with van der Waals surface area (Å²) in [5.41, 5.74) is -1.24. The lowest BCUT2D eigenvalue weighted by Gasteiger charge is -2.22. The van der Waals surface area contributed by atoms with Crippen LogP contribution in [-0.2, 0) is 15.6 Å². The Morgan fingerprint density at radius 1 is 1.30 bits per heavy atom. The molecule has 0 amide bonds. The van der Waals surface area contributed by atoms with Crippen LogP contribution in [0.25, 0.3) is 0 Å². The number of nitrogens with one attached hydrogen (secondary N) is 1. The van der Waals surface area contributed by atoms with Crippen molar-refractivity contribution in [2.75, 3.05) is 6.54 Å². The summed E-state index contributed by atoms with van der Waals surface area (Å²) in [4.78, 5) is 0.820. The maximum atomic E-state index is 12.1. The molecule has 1 aromatic heterocycles. The van der Waals surface area contributed by atoms with Gasteiger partial charge in [-0.15, -0.1) is 11.3 Å². The zero-order valence-electron chi connectivity index (χ0n) is 10.7. The van der Waals surface area contributed by atoms with Gasteiger partial charge in [0.25, 0.3) is 0 Å². The molecule has 1 heterocycles. The second-order valence-corrected chi connectivity index (χ2v) is 7.68. The molecule has 1 unspecified atom stereocenters. The van der Waals surface area contributed by atoms with Crippen molar-refractivity contribution in [3.05, 3.63) is 51.7 Å². The normalized spacial score (nSPS) is 14.9. The lowest BCUT2D eigenvalue weighted by molar-refractivity contribution is 0.0666. The fourth-order valence-electron chi connectivity index (χ4n) is 1.60. The first kappa shape index (κ1) is 15.5. The van der Waals surface area contributed by atoms with Crippen LogP contribution >= 0.6 is 22.9 Å². The number of benzene rings is 1. The Hall–Kier alpha value is -0.920. The van der Waals surface area contributed by atoms with Crippen LogP contribution in [-0.4, -0.2) is 20.1 Å². The first-order chi connectivity index (χ1) is 9.31. The van der Waals surface area contributed by atoms with Crippen molar-refractivity contribution in [1.29, 1.82) is 0 Å². The molecule has 2 rings (SSSR count). The summed E-state index contributed by atoms with van der Waals surface area (Å²) >= 11 is 7.10. The molecular formula is C13H14ClNO3S2. The SMILES string of the molecule is CC(O)(CNS(=O)(=O)c1ccc(Cl)cc1)c1cccs1. The second kappa shape index (κ2) is 5.83. The summed E-state index contributed by atoms with van der Waals surface area (Å²) in [5.74, 6) is 0. The van der Waals surface area contributed by atoms with Crippen molar-refractivity contribution in [3.63, 3.8) is 0 Å². The third kappa shape index (κ3) is 3.59. The minimum Gasteiger partial charge on any atom is -0.383 e. The average molecular weight is 332 g/mol. The van der Waals surface area contributed by atoms with E-state index in [9.17, 15) is 13.5 Å². The second-order valence-electron chi connectivity index (χ2n) is 4.53. The quantitative estimate of drug-likeness (QED) is 0.885. The van der Waals surface area contributed by atoms with Crippen LogP contribution in [0.4, 0.5) is 0 Å². The number of aliphatic hydroxyl groups is 1. The molecule has 0 spiro atoms. The molecule has 20 heavy (non-hydrogen) atoms. The van der Waals surface area contributed by atoms with E-state index in [2.05, 4.69) is 4.72 Å². The molecule has 0 bridgehead atoms. The van der Waals surface area contributed by atoms with Gasteiger partial charge in [-0.05, 0) is 42.6 Å². The van der Waals surface area contributed by atoms with E-state index < -0.39 is 15.6 Å². The number of thiophene rings is 1. The Bertz CT molecular complexity index is 664. The number of halogens is 1. The molecule has 0 aliphatic carbocycles. The van der Waals surface area contributed by atoms with E-state index in [-0.39, 0.29) is 11.4 Å². The highest BCUT2D eigenvalue weighted by Gasteiger charge is 2.27. The highest BCUT2D eigenvalue weighted by Crippen LogP contribution is 2.25. The number of sulfonamides is 1. The smallest absolute Gasteiger partial charge is 0.240 e. The van der Waals surface area contributed by atoms with E-state index in [1.54, 1.807) is 13.0 Å². The molecule has 0 aliphatic heterocycles. The van der Waals surface area contributed by atoms with Crippen molar-refractivity contribution in [2.45, 2.75) is 17.4 Å². The molecule has 1 aromatic carbocycles. The highest BCUT2D eigenvalue weighted by atomic mass is 35.5. The van der Waals surface area contributed by atoms with Crippen LogP contribution in [0.2, 0.25) is 5.02 Å². The average Bonchev–Trinajstić information content (AvgIpc) is 2.92. The minimum absolute atomic E-state index is 0.0987. The Morgan fingerprint density at radius 2 is 1.95 bits per heavy atom. The van der Waals surface area contributed by atoms with Crippen molar-refractivity contribution < 1.29 is 13.5 Å². The van der Waals surface area contributed by atoms with Crippen molar-refractivity contribution in [1.82, 2.24) is 4.72 Å². The fraction of sp³-hybridized carbons (Fsp3) is 0.231. The van der Waals surface area contributed by atoms with Gasteiger partial charge in [0.15, 0.2) is 0 Å². The molecule has 1 atom stereocenters. The Kier molecular flexibility index (Phi) is 4.51. The molecule has 4 nitrogen and oxygen atoms in total. The summed E-state index contributed by atoms with van der Waals surface area (Å²) < 4.78 is 26.6. The van der Waals surface area contributed by atoms with Crippen LogP contribution < -0.4 is 4.72 Å².